The molecule has 0 saturated heterocycles. The molecule has 1 aromatic carbocycles. The highest BCUT2D eigenvalue weighted by atomic mass is 19.1. The number of nitrogens with zero attached hydrogens (tertiary/aromatic N) is 5. The van der Waals surface area contributed by atoms with Crippen molar-refractivity contribution in [3.63, 3.8) is 0 Å². The summed E-state index contributed by atoms with van der Waals surface area (Å²) in [4.78, 5) is 40.4. The summed E-state index contributed by atoms with van der Waals surface area (Å²) in [6.45, 7) is 5.82. The molecule has 1 amide bonds. The van der Waals surface area contributed by atoms with Crippen molar-refractivity contribution in [2.24, 2.45) is 11.8 Å². The number of carbonyl (C=O) groups excluding carboxylic acids is 2. The molecule has 1 atom stereocenters. The number of pyridine rings is 1. The maximum Gasteiger partial charge on any atom is 0.235 e. The first-order valence-electron chi connectivity index (χ1n) is 13.0. The number of aromatic nitrogens is 5. The largest absolute Gasteiger partial charge is 0.310 e. The molecule has 1 unspecified atom stereocenters. The number of halogens is 1. The zero-order valence-corrected chi connectivity index (χ0v) is 21.7. The van der Waals surface area contributed by atoms with Crippen molar-refractivity contribution in [2.45, 2.75) is 58.4 Å². The van der Waals surface area contributed by atoms with E-state index in [4.69, 9.17) is 10.1 Å². The second-order valence-electron chi connectivity index (χ2n) is 11.1. The van der Waals surface area contributed by atoms with E-state index in [1.54, 1.807) is 49.0 Å². The van der Waals surface area contributed by atoms with E-state index in [9.17, 15) is 14.0 Å². The summed E-state index contributed by atoms with van der Waals surface area (Å²) in [5.41, 5.74) is 1.29. The first kappa shape index (κ1) is 24.3. The number of amides is 1. The van der Waals surface area contributed by atoms with Gasteiger partial charge in [-0.2, -0.15) is 5.10 Å². The molecular weight excluding hydrogens is 483 g/mol. The maximum absolute atomic E-state index is 14.4. The van der Waals surface area contributed by atoms with Crippen molar-refractivity contribution in [2.75, 3.05) is 5.32 Å². The zero-order valence-electron chi connectivity index (χ0n) is 21.7. The number of hydrogen-bond donors (Lipinski definition) is 1. The van der Waals surface area contributed by atoms with Crippen LogP contribution in [0.15, 0.2) is 42.6 Å². The lowest BCUT2D eigenvalue weighted by Gasteiger charge is -2.18. The third-order valence-corrected chi connectivity index (χ3v) is 7.56. The van der Waals surface area contributed by atoms with E-state index in [0.29, 0.717) is 46.0 Å². The average Bonchev–Trinajstić information content (AvgIpc) is 3.57. The van der Waals surface area contributed by atoms with Gasteiger partial charge in [-0.25, -0.2) is 24.0 Å². The van der Waals surface area contributed by atoms with Gasteiger partial charge in [0, 0.05) is 23.7 Å². The number of benzene rings is 1. The fourth-order valence-electron chi connectivity index (χ4n) is 5.32. The van der Waals surface area contributed by atoms with E-state index in [-0.39, 0.29) is 41.5 Å². The fraction of sp³-hybridized carbons (Fsp3) is 0.379. The van der Waals surface area contributed by atoms with Crippen LogP contribution in [0.1, 0.15) is 68.1 Å². The Morgan fingerprint density at radius 2 is 1.97 bits per heavy atom. The predicted molar refractivity (Wildman–Crippen MR) is 141 cm³/mol. The molecule has 4 heterocycles. The molecule has 8 nitrogen and oxygen atoms in total. The van der Waals surface area contributed by atoms with Crippen LogP contribution in [0.5, 0.6) is 0 Å². The summed E-state index contributed by atoms with van der Waals surface area (Å²) in [5, 5.41) is 8.25. The van der Waals surface area contributed by atoms with Crippen LogP contribution < -0.4 is 5.32 Å². The minimum absolute atomic E-state index is 0.101. The molecule has 1 aliphatic carbocycles. The second-order valence-corrected chi connectivity index (χ2v) is 11.1. The molecule has 2 aliphatic rings. The first-order valence-corrected chi connectivity index (χ1v) is 13.0. The van der Waals surface area contributed by atoms with Crippen LogP contribution in [0, 0.1) is 17.7 Å². The molecule has 1 fully saturated rings. The topological polar surface area (TPSA) is 103 Å². The minimum atomic E-state index is -0.938. The van der Waals surface area contributed by atoms with Gasteiger partial charge in [-0.3, -0.25) is 9.59 Å². The Kier molecular flexibility index (Phi) is 5.81. The Bertz CT molecular complexity index is 1590. The van der Waals surface area contributed by atoms with Crippen LogP contribution in [0.25, 0.3) is 22.6 Å². The van der Waals surface area contributed by atoms with Gasteiger partial charge in [-0.1, -0.05) is 38.0 Å². The summed E-state index contributed by atoms with van der Waals surface area (Å²) in [6, 6.07) is 10.2. The van der Waals surface area contributed by atoms with Crippen molar-refractivity contribution < 1.29 is 14.0 Å². The van der Waals surface area contributed by atoms with Gasteiger partial charge in [0.1, 0.15) is 23.0 Å². The standard InChI is InChI=1S/C29H29FN6O2/c1-16(13-17-10-11-17)14-21(37)24-22-25(34-28(38)29(22,2)3)33-26(32-24)23-19-8-6-12-31-27(19)36(35-23)15-18-7-4-5-9-20(18)30/h4-9,12,16-17H,10-11,13-15H2,1-3H3,(H,32,33,34,38). The number of rotatable bonds is 8. The maximum atomic E-state index is 14.4. The van der Waals surface area contributed by atoms with E-state index >= 15 is 0 Å². The van der Waals surface area contributed by atoms with Crippen LogP contribution in [0.2, 0.25) is 0 Å². The SMILES string of the molecule is CC(CC(=O)c1nc(-c2nn(Cc3ccccc3F)c3ncccc23)nc2c1C(C)(C)C(=O)N2)CC1CC1. The molecule has 6 rings (SSSR count). The van der Waals surface area contributed by atoms with E-state index < -0.39 is 5.41 Å². The van der Waals surface area contributed by atoms with Gasteiger partial charge in [0.2, 0.25) is 5.91 Å². The Hall–Kier alpha value is -4.01. The van der Waals surface area contributed by atoms with Crippen molar-refractivity contribution in [3.05, 3.63) is 65.2 Å². The molecule has 4 aromatic rings. The Morgan fingerprint density at radius 3 is 2.74 bits per heavy atom. The summed E-state index contributed by atoms with van der Waals surface area (Å²) < 4.78 is 16.0. The van der Waals surface area contributed by atoms with E-state index in [2.05, 4.69) is 22.2 Å². The van der Waals surface area contributed by atoms with E-state index in [0.717, 1.165) is 6.42 Å². The average molecular weight is 513 g/mol. The van der Waals surface area contributed by atoms with Gasteiger partial charge >= 0.3 is 0 Å². The molecule has 0 bridgehead atoms. The quantitative estimate of drug-likeness (QED) is 0.321. The van der Waals surface area contributed by atoms with Crippen molar-refractivity contribution in [1.29, 1.82) is 0 Å². The van der Waals surface area contributed by atoms with E-state index in [1.165, 1.54) is 18.9 Å². The van der Waals surface area contributed by atoms with Crippen LogP contribution >= 0.6 is 0 Å². The first-order chi connectivity index (χ1) is 18.2. The van der Waals surface area contributed by atoms with Crippen LogP contribution in [0.4, 0.5) is 10.2 Å². The van der Waals surface area contributed by atoms with Gasteiger partial charge < -0.3 is 5.32 Å². The van der Waals surface area contributed by atoms with Crippen LogP contribution in [0.3, 0.4) is 0 Å². The lowest BCUT2D eigenvalue weighted by molar-refractivity contribution is -0.119. The van der Waals surface area contributed by atoms with Crippen molar-refractivity contribution >= 4 is 28.5 Å². The highest BCUT2D eigenvalue weighted by molar-refractivity contribution is 6.09. The summed E-state index contributed by atoms with van der Waals surface area (Å²) in [5.74, 6) is 0.838. The van der Waals surface area contributed by atoms with E-state index in [1.807, 2.05) is 6.07 Å². The normalized spacial score (nSPS) is 16.9. The Balaban J connectivity index is 1.46. The minimum Gasteiger partial charge on any atom is -0.310 e. The molecule has 1 N–H and O–H groups in total. The van der Waals surface area contributed by atoms with Crippen LogP contribution in [-0.2, 0) is 16.8 Å². The molecule has 0 radical (unpaired) electrons. The summed E-state index contributed by atoms with van der Waals surface area (Å²) in [6.07, 6.45) is 5.48. The number of hydrogen-bond acceptors (Lipinski definition) is 6. The highest BCUT2D eigenvalue weighted by Gasteiger charge is 2.44. The second kappa shape index (κ2) is 9.08. The third kappa shape index (κ3) is 4.25. The molecule has 0 spiro atoms. The molecule has 1 saturated carbocycles. The fourth-order valence-corrected chi connectivity index (χ4v) is 5.32. The monoisotopic (exact) mass is 512 g/mol. The predicted octanol–water partition coefficient (Wildman–Crippen LogP) is 5.31. The van der Waals surface area contributed by atoms with Gasteiger partial charge in [0.05, 0.1) is 17.3 Å². The van der Waals surface area contributed by atoms with Crippen molar-refractivity contribution in [3.8, 4) is 11.5 Å². The number of nitrogens with one attached hydrogen (secondary N) is 1. The third-order valence-electron chi connectivity index (χ3n) is 7.56. The number of Topliss-reactive ketones (excluding diaryl/α,β-unsaturated/α-hetero) is 1. The number of fused-ring (bicyclic) bond motifs is 2. The summed E-state index contributed by atoms with van der Waals surface area (Å²) >= 11 is 0. The number of anilines is 1. The van der Waals surface area contributed by atoms with Gasteiger partial charge in [0.15, 0.2) is 17.3 Å². The molecule has 1 aliphatic heterocycles. The molecule has 38 heavy (non-hydrogen) atoms. The summed E-state index contributed by atoms with van der Waals surface area (Å²) in [7, 11) is 0. The molecule has 9 heteroatoms. The molecular formula is C29H29FN6O2. The number of carbonyl (C=O) groups is 2. The lowest BCUT2D eigenvalue weighted by Crippen LogP contribution is -2.29. The molecule has 194 valence electrons. The lowest BCUT2D eigenvalue weighted by atomic mass is 9.83. The van der Waals surface area contributed by atoms with Gasteiger partial charge in [-0.05, 0) is 50.3 Å². The smallest absolute Gasteiger partial charge is 0.235 e. The number of ketones is 1. The van der Waals surface area contributed by atoms with Gasteiger partial charge in [0.25, 0.3) is 0 Å². The molecule has 3 aromatic heterocycles. The Morgan fingerprint density at radius 1 is 1.18 bits per heavy atom. The van der Waals surface area contributed by atoms with Crippen LogP contribution in [-0.4, -0.2) is 36.4 Å². The highest BCUT2D eigenvalue weighted by Crippen LogP contribution is 2.41. The van der Waals surface area contributed by atoms with Crippen molar-refractivity contribution in [1.82, 2.24) is 24.7 Å². The Labute approximate surface area is 219 Å². The zero-order chi connectivity index (χ0) is 26.6. The van der Waals surface area contributed by atoms with Gasteiger partial charge in [-0.15, -0.1) is 0 Å².